The molecule has 1 fully saturated rings. The molecule has 1 aliphatic heterocycles. The highest BCUT2D eigenvalue weighted by Crippen LogP contribution is 2.29. The number of nitrogens with zero attached hydrogens (tertiary/aromatic N) is 3. The zero-order valence-electron chi connectivity index (χ0n) is 13.7. The second-order valence-electron chi connectivity index (χ2n) is 6.27. The molecule has 0 spiro atoms. The predicted molar refractivity (Wildman–Crippen MR) is 93.9 cm³/mol. The molecule has 3 aromatic rings. The van der Waals surface area contributed by atoms with Gasteiger partial charge in [-0.3, -0.25) is 4.79 Å². The SMILES string of the molecule is O=C1CC(c2noc(-c3cccc(Cl)c3)n2)CN1Cc1ccc(F)cc1. The Morgan fingerprint density at radius 3 is 2.81 bits per heavy atom. The van der Waals surface area contributed by atoms with E-state index in [1.807, 2.05) is 12.1 Å². The fourth-order valence-corrected chi connectivity index (χ4v) is 3.24. The standard InChI is InChI=1S/C19H15ClFN3O2/c20-15-3-1-2-13(8-15)19-22-18(23-26-19)14-9-17(25)24(11-14)10-12-4-6-16(21)7-5-12/h1-8,14H,9-11H2. The summed E-state index contributed by atoms with van der Waals surface area (Å²) in [6.45, 7) is 0.944. The third kappa shape index (κ3) is 3.46. The fraction of sp³-hybridized carbons (Fsp3) is 0.211. The summed E-state index contributed by atoms with van der Waals surface area (Å²) in [6.07, 6.45) is 0.329. The first kappa shape index (κ1) is 16.7. The van der Waals surface area contributed by atoms with Crippen LogP contribution in [0.2, 0.25) is 5.02 Å². The summed E-state index contributed by atoms with van der Waals surface area (Å²) in [4.78, 5) is 18.5. The van der Waals surface area contributed by atoms with E-state index in [1.165, 1.54) is 12.1 Å². The number of carbonyl (C=O) groups excluding carboxylic acids is 1. The summed E-state index contributed by atoms with van der Waals surface area (Å²) in [5, 5.41) is 4.62. The number of halogens is 2. The number of benzene rings is 2. The topological polar surface area (TPSA) is 59.2 Å². The average molecular weight is 372 g/mol. The van der Waals surface area contributed by atoms with Crippen LogP contribution in [-0.2, 0) is 11.3 Å². The summed E-state index contributed by atoms with van der Waals surface area (Å²) in [7, 11) is 0. The van der Waals surface area contributed by atoms with Crippen LogP contribution in [0.5, 0.6) is 0 Å². The third-order valence-corrected chi connectivity index (χ3v) is 4.61. The lowest BCUT2D eigenvalue weighted by molar-refractivity contribution is -0.128. The Morgan fingerprint density at radius 1 is 1.23 bits per heavy atom. The summed E-state index contributed by atoms with van der Waals surface area (Å²) < 4.78 is 18.3. The molecule has 0 bridgehead atoms. The van der Waals surface area contributed by atoms with Gasteiger partial charge in [-0.15, -0.1) is 0 Å². The van der Waals surface area contributed by atoms with Crippen LogP contribution in [0.1, 0.15) is 23.7 Å². The van der Waals surface area contributed by atoms with Crippen molar-refractivity contribution in [2.75, 3.05) is 6.54 Å². The van der Waals surface area contributed by atoms with Gasteiger partial charge in [0, 0.05) is 36.0 Å². The van der Waals surface area contributed by atoms with E-state index in [1.54, 1.807) is 29.2 Å². The number of aromatic nitrogens is 2. The van der Waals surface area contributed by atoms with Crippen LogP contribution in [0, 0.1) is 5.82 Å². The van der Waals surface area contributed by atoms with Crippen molar-refractivity contribution < 1.29 is 13.7 Å². The molecule has 1 aliphatic rings. The molecule has 1 atom stereocenters. The second kappa shape index (κ2) is 6.88. The molecule has 7 heteroatoms. The zero-order chi connectivity index (χ0) is 18.1. The maximum absolute atomic E-state index is 13.0. The molecule has 2 aromatic carbocycles. The van der Waals surface area contributed by atoms with Crippen molar-refractivity contribution in [3.8, 4) is 11.5 Å². The highest BCUT2D eigenvalue weighted by atomic mass is 35.5. The van der Waals surface area contributed by atoms with Crippen LogP contribution in [0.4, 0.5) is 4.39 Å². The van der Waals surface area contributed by atoms with Gasteiger partial charge in [-0.25, -0.2) is 4.39 Å². The first-order valence-corrected chi connectivity index (χ1v) is 8.58. The molecular formula is C19H15ClFN3O2. The molecule has 5 nitrogen and oxygen atoms in total. The van der Waals surface area contributed by atoms with E-state index in [-0.39, 0.29) is 17.6 Å². The van der Waals surface area contributed by atoms with Gasteiger partial charge in [0.25, 0.3) is 5.89 Å². The van der Waals surface area contributed by atoms with E-state index in [2.05, 4.69) is 10.1 Å². The van der Waals surface area contributed by atoms with Crippen LogP contribution in [-0.4, -0.2) is 27.5 Å². The molecule has 1 aromatic heterocycles. The summed E-state index contributed by atoms with van der Waals surface area (Å²) >= 11 is 5.99. The van der Waals surface area contributed by atoms with Gasteiger partial charge in [-0.2, -0.15) is 4.98 Å². The molecule has 0 N–H and O–H groups in total. The normalized spacial score (nSPS) is 17.1. The van der Waals surface area contributed by atoms with Gasteiger partial charge >= 0.3 is 0 Å². The van der Waals surface area contributed by atoms with E-state index in [9.17, 15) is 9.18 Å². The molecule has 26 heavy (non-hydrogen) atoms. The van der Waals surface area contributed by atoms with E-state index in [0.717, 1.165) is 11.1 Å². The summed E-state index contributed by atoms with van der Waals surface area (Å²) in [6, 6.07) is 13.3. The van der Waals surface area contributed by atoms with Gasteiger partial charge in [0.2, 0.25) is 5.91 Å². The highest BCUT2D eigenvalue weighted by molar-refractivity contribution is 6.30. The Labute approximate surface area is 154 Å². The Hall–Kier alpha value is -2.73. The maximum atomic E-state index is 13.0. The molecule has 0 aliphatic carbocycles. The van der Waals surface area contributed by atoms with Gasteiger partial charge < -0.3 is 9.42 Å². The summed E-state index contributed by atoms with van der Waals surface area (Å²) in [5.41, 5.74) is 1.62. The van der Waals surface area contributed by atoms with Crippen molar-refractivity contribution >= 4 is 17.5 Å². The quantitative estimate of drug-likeness (QED) is 0.694. The van der Waals surface area contributed by atoms with Crippen molar-refractivity contribution in [1.29, 1.82) is 0 Å². The molecular weight excluding hydrogens is 357 g/mol. The fourth-order valence-electron chi connectivity index (χ4n) is 3.05. The number of carbonyl (C=O) groups is 1. The minimum Gasteiger partial charge on any atom is -0.338 e. The van der Waals surface area contributed by atoms with Crippen LogP contribution < -0.4 is 0 Å². The van der Waals surface area contributed by atoms with Crippen LogP contribution in [0.15, 0.2) is 53.1 Å². The van der Waals surface area contributed by atoms with E-state index < -0.39 is 0 Å². The van der Waals surface area contributed by atoms with Crippen molar-refractivity contribution in [3.05, 3.63) is 70.8 Å². The van der Waals surface area contributed by atoms with Gasteiger partial charge in [-0.1, -0.05) is 35.0 Å². The zero-order valence-corrected chi connectivity index (χ0v) is 14.5. The first-order valence-electron chi connectivity index (χ1n) is 8.20. The lowest BCUT2D eigenvalue weighted by atomic mass is 10.1. The Balaban J connectivity index is 1.48. The van der Waals surface area contributed by atoms with Crippen LogP contribution in [0.25, 0.3) is 11.5 Å². The summed E-state index contributed by atoms with van der Waals surface area (Å²) in [5.74, 6) is 0.495. The average Bonchev–Trinajstić information content (AvgIpc) is 3.24. The number of amides is 1. The molecule has 1 saturated heterocycles. The van der Waals surface area contributed by atoms with Crippen molar-refractivity contribution in [1.82, 2.24) is 15.0 Å². The lowest BCUT2D eigenvalue weighted by Gasteiger charge is -2.16. The predicted octanol–water partition coefficient (Wildman–Crippen LogP) is 4.05. The van der Waals surface area contributed by atoms with Crippen LogP contribution >= 0.6 is 11.6 Å². The van der Waals surface area contributed by atoms with E-state index in [4.69, 9.17) is 16.1 Å². The number of rotatable bonds is 4. The van der Waals surface area contributed by atoms with Crippen molar-refractivity contribution in [2.24, 2.45) is 0 Å². The van der Waals surface area contributed by atoms with Crippen LogP contribution in [0.3, 0.4) is 0 Å². The van der Waals surface area contributed by atoms with E-state index >= 15 is 0 Å². The molecule has 0 saturated carbocycles. The minimum atomic E-state index is -0.292. The number of likely N-dealkylation sites (tertiary alicyclic amines) is 1. The number of hydrogen-bond donors (Lipinski definition) is 0. The van der Waals surface area contributed by atoms with Gasteiger partial charge in [0.15, 0.2) is 5.82 Å². The minimum absolute atomic E-state index is 0.0217. The lowest BCUT2D eigenvalue weighted by Crippen LogP contribution is -2.24. The largest absolute Gasteiger partial charge is 0.338 e. The Bertz CT molecular complexity index is 942. The van der Waals surface area contributed by atoms with Gasteiger partial charge in [0.05, 0.1) is 0 Å². The molecule has 1 unspecified atom stereocenters. The monoisotopic (exact) mass is 371 g/mol. The molecule has 0 radical (unpaired) electrons. The van der Waals surface area contributed by atoms with Gasteiger partial charge in [0.1, 0.15) is 5.82 Å². The molecule has 4 rings (SSSR count). The number of hydrogen-bond acceptors (Lipinski definition) is 4. The van der Waals surface area contributed by atoms with Crippen molar-refractivity contribution in [3.63, 3.8) is 0 Å². The smallest absolute Gasteiger partial charge is 0.257 e. The second-order valence-corrected chi connectivity index (χ2v) is 6.71. The Kier molecular flexibility index (Phi) is 4.42. The van der Waals surface area contributed by atoms with E-state index in [0.29, 0.717) is 36.2 Å². The van der Waals surface area contributed by atoms with Crippen molar-refractivity contribution in [2.45, 2.75) is 18.9 Å². The first-order chi connectivity index (χ1) is 12.6. The third-order valence-electron chi connectivity index (χ3n) is 4.38. The molecule has 1 amide bonds. The molecule has 2 heterocycles. The molecule has 132 valence electrons. The van der Waals surface area contributed by atoms with Gasteiger partial charge in [-0.05, 0) is 35.9 Å². The Morgan fingerprint density at radius 2 is 2.04 bits per heavy atom. The maximum Gasteiger partial charge on any atom is 0.257 e. The highest BCUT2D eigenvalue weighted by Gasteiger charge is 2.33.